The van der Waals surface area contributed by atoms with Gasteiger partial charge in [-0.2, -0.15) is 0 Å². The minimum atomic E-state index is -0.150. The van der Waals surface area contributed by atoms with E-state index in [-0.39, 0.29) is 6.10 Å². The average molecular weight is 227 g/mol. The van der Waals surface area contributed by atoms with E-state index in [1.807, 2.05) is 0 Å². The third kappa shape index (κ3) is 2.96. The Kier molecular flexibility index (Phi) is 4.62. The van der Waals surface area contributed by atoms with E-state index in [2.05, 4.69) is 5.32 Å². The van der Waals surface area contributed by atoms with E-state index in [1.165, 1.54) is 32.1 Å². The molecule has 0 radical (unpaired) electrons. The van der Waals surface area contributed by atoms with Gasteiger partial charge < -0.3 is 15.5 Å². The predicted molar refractivity (Wildman–Crippen MR) is 64.2 cm³/mol. The maximum Gasteiger partial charge on any atom is 0.0693 e. The summed E-state index contributed by atoms with van der Waals surface area (Å²) >= 11 is 0. The molecule has 2 aliphatic rings. The van der Waals surface area contributed by atoms with Gasteiger partial charge in [0.25, 0.3) is 0 Å². The van der Waals surface area contributed by atoms with Crippen molar-refractivity contribution in [2.24, 2.45) is 11.8 Å². The first-order valence-electron chi connectivity index (χ1n) is 6.83. The molecule has 16 heavy (non-hydrogen) atoms. The van der Waals surface area contributed by atoms with E-state index in [0.29, 0.717) is 24.5 Å². The van der Waals surface area contributed by atoms with Gasteiger partial charge in [0.05, 0.1) is 6.10 Å². The molecule has 0 aromatic rings. The molecule has 0 bridgehead atoms. The zero-order chi connectivity index (χ0) is 11.4. The standard InChI is InChI=1S/C13H25NO2/c15-9-11-5-3-4-10(11)8-14-12-6-1-2-7-13(12)16/h10-16H,1-9H2/t10?,11?,12-,13-/m1/s1. The third-order valence-electron chi connectivity index (χ3n) is 4.42. The van der Waals surface area contributed by atoms with E-state index < -0.39 is 0 Å². The summed E-state index contributed by atoms with van der Waals surface area (Å²) in [6.07, 6.45) is 7.98. The maximum atomic E-state index is 9.85. The van der Waals surface area contributed by atoms with Crippen LogP contribution in [0, 0.1) is 11.8 Å². The second kappa shape index (κ2) is 5.99. The first-order valence-corrected chi connectivity index (χ1v) is 6.83. The van der Waals surface area contributed by atoms with Gasteiger partial charge in [-0.1, -0.05) is 19.3 Å². The van der Waals surface area contributed by atoms with Crippen molar-refractivity contribution >= 4 is 0 Å². The van der Waals surface area contributed by atoms with Crippen molar-refractivity contribution in [1.29, 1.82) is 0 Å². The Balaban J connectivity index is 1.73. The Morgan fingerprint density at radius 3 is 2.44 bits per heavy atom. The number of rotatable bonds is 4. The van der Waals surface area contributed by atoms with Crippen molar-refractivity contribution in [3.8, 4) is 0 Å². The highest BCUT2D eigenvalue weighted by Crippen LogP contribution is 2.31. The highest BCUT2D eigenvalue weighted by molar-refractivity contribution is 4.84. The van der Waals surface area contributed by atoms with Crippen molar-refractivity contribution in [2.75, 3.05) is 13.2 Å². The van der Waals surface area contributed by atoms with Crippen LogP contribution >= 0.6 is 0 Å². The summed E-state index contributed by atoms with van der Waals surface area (Å²) in [4.78, 5) is 0. The lowest BCUT2D eigenvalue weighted by atomic mass is 9.91. The molecule has 2 rings (SSSR count). The lowest BCUT2D eigenvalue weighted by Crippen LogP contribution is -2.44. The van der Waals surface area contributed by atoms with E-state index >= 15 is 0 Å². The Morgan fingerprint density at radius 2 is 1.69 bits per heavy atom. The number of hydrogen-bond acceptors (Lipinski definition) is 3. The molecule has 2 fully saturated rings. The van der Waals surface area contributed by atoms with Gasteiger partial charge in [0, 0.05) is 12.6 Å². The number of aliphatic hydroxyl groups excluding tert-OH is 2. The first kappa shape index (κ1) is 12.3. The maximum absolute atomic E-state index is 9.85. The quantitative estimate of drug-likeness (QED) is 0.678. The summed E-state index contributed by atoms with van der Waals surface area (Å²) in [5.41, 5.74) is 0. The molecule has 0 saturated heterocycles. The topological polar surface area (TPSA) is 52.5 Å². The van der Waals surface area contributed by atoms with Crippen LogP contribution < -0.4 is 5.32 Å². The average Bonchev–Trinajstić information content (AvgIpc) is 2.75. The molecule has 2 saturated carbocycles. The van der Waals surface area contributed by atoms with Gasteiger partial charge in [0.15, 0.2) is 0 Å². The van der Waals surface area contributed by atoms with E-state index in [1.54, 1.807) is 0 Å². The summed E-state index contributed by atoms with van der Waals surface area (Å²) in [6.45, 7) is 1.31. The molecule has 94 valence electrons. The summed E-state index contributed by atoms with van der Waals surface area (Å²) in [6, 6.07) is 0.300. The fourth-order valence-corrected chi connectivity index (χ4v) is 3.27. The molecule has 0 aromatic heterocycles. The van der Waals surface area contributed by atoms with Crippen LogP contribution in [0.25, 0.3) is 0 Å². The molecular weight excluding hydrogens is 202 g/mol. The molecule has 4 atom stereocenters. The highest BCUT2D eigenvalue weighted by Gasteiger charge is 2.28. The van der Waals surface area contributed by atoms with Crippen molar-refractivity contribution in [3.05, 3.63) is 0 Å². The van der Waals surface area contributed by atoms with E-state index in [4.69, 9.17) is 0 Å². The van der Waals surface area contributed by atoms with Gasteiger partial charge in [-0.05, 0) is 44.1 Å². The first-order chi connectivity index (χ1) is 7.81. The second-order valence-electron chi connectivity index (χ2n) is 5.50. The Morgan fingerprint density at radius 1 is 0.938 bits per heavy atom. The normalized spacial score (nSPS) is 40.1. The fraction of sp³-hybridized carbons (Fsp3) is 1.00. The van der Waals surface area contributed by atoms with E-state index in [9.17, 15) is 10.2 Å². The van der Waals surface area contributed by atoms with Crippen molar-refractivity contribution in [2.45, 2.75) is 57.1 Å². The van der Waals surface area contributed by atoms with Crippen LogP contribution in [0.15, 0.2) is 0 Å². The summed E-state index contributed by atoms with van der Waals surface area (Å²) in [7, 11) is 0. The van der Waals surface area contributed by atoms with E-state index in [0.717, 1.165) is 19.4 Å². The van der Waals surface area contributed by atoms with Crippen molar-refractivity contribution in [1.82, 2.24) is 5.32 Å². The molecule has 0 spiro atoms. The van der Waals surface area contributed by atoms with Crippen LogP contribution in [-0.4, -0.2) is 35.5 Å². The molecule has 3 N–H and O–H groups in total. The van der Waals surface area contributed by atoms with Crippen LogP contribution in [0.2, 0.25) is 0 Å². The molecule has 0 amide bonds. The minimum Gasteiger partial charge on any atom is -0.396 e. The molecule has 3 nitrogen and oxygen atoms in total. The molecular formula is C13H25NO2. The van der Waals surface area contributed by atoms with Gasteiger partial charge in [0.1, 0.15) is 0 Å². The van der Waals surface area contributed by atoms with Crippen LogP contribution in [0.5, 0.6) is 0 Å². The number of nitrogens with one attached hydrogen (secondary N) is 1. The summed E-state index contributed by atoms with van der Waals surface area (Å²) in [5.74, 6) is 1.12. The van der Waals surface area contributed by atoms with Crippen LogP contribution in [-0.2, 0) is 0 Å². The minimum absolute atomic E-state index is 0.150. The monoisotopic (exact) mass is 227 g/mol. The Labute approximate surface area is 98.2 Å². The fourth-order valence-electron chi connectivity index (χ4n) is 3.27. The molecule has 3 heteroatoms. The zero-order valence-corrected chi connectivity index (χ0v) is 10.1. The molecule has 2 unspecified atom stereocenters. The van der Waals surface area contributed by atoms with Crippen LogP contribution in [0.4, 0.5) is 0 Å². The van der Waals surface area contributed by atoms with Gasteiger partial charge >= 0.3 is 0 Å². The number of aliphatic hydroxyl groups is 2. The summed E-state index contributed by atoms with van der Waals surface area (Å²) < 4.78 is 0. The smallest absolute Gasteiger partial charge is 0.0693 e. The van der Waals surface area contributed by atoms with Crippen molar-refractivity contribution < 1.29 is 10.2 Å². The van der Waals surface area contributed by atoms with Gasteiger partial charge in [-0.25, -0.2) is 0 Å². The zero-order valence-electron chi connectivity index (χ0n) is 10.1. The molecule has 0 heterocycles. The molecule has 0 aliphatic heterocycles. The summed E-state index contributed by atoms with van der Waals surface area (Å²) in [5, 5.41) is 22.6. The molecule has 2 aliphatic carbocycles. The third-order valence-corrected chi connectivity index (χ3v) is 4.42. The SMILES string of the molecule is OCC1CCCC1CN[C@@H]1CCCC[C@H]1O. The van der Waals surface area contributed by atoms with Gasteiger partial charge in [-0.3, -0.25) is 0 Å². The van der Waals surface area contributed by atoms with Crippen LogP contribution in [0.3, 0.4) is 0 Å². The number of hydrogen-bond donors (Lipinski definition) is 3. The molecule has 0 aromatic carbocycles. The van der Waals surface area contributed by atoms with Gasteiger partial charge in [-0.15, -0.1) is 0 Å². The second-order valence-corrected chi connectivity index (χ2v) is 5.50. The Bertz CT molecular complexity index is 208. The largest absolute Gasteiger partial charge is 0.396 e. The predicted octanol–water partition coefficient (Wildman–Crippen LogP) is 1.29. The van der Waals surface area contributed by atoms with Crippen LogP contribution in [0.1, 0.15) is 44.9 Å². The Hall–Kier alpha value is -0.120. The van der Waals surface area contributed by atoms with Gasteiger partial charge in [0.2, 0.25) is 0 Å². The van der Waals surface area contributed by atoms with Crippen molar-refractivity contribution in [3.63, 3.8) is 0 Å². The highest BCUT2D eigenvalue weighted by atomic mass is 16.3. The lowest BCUT2D eigenvalue weighted by Gasteiger charge is -2.30. The lowest BCUT2D eigenvalue weighted by molar-refractivity contribution is 0.0859.